The van der Waals surface area contributed by atoms with E-state index in [4.69, 9.17) is 9.47 Å². The molecule has 1 unspecified atom stereocenters. The molecule has 0 aromatic carbocycles. The maximum Gasteiger partial charge on any atom is 0.109 e. The maximum atomic E-state index is 9.76. The molecule has 1 aliphatic heterocycles. The first-order valence-corrected chi connectivity index (χ1v) is 5.38. The Morgan fingerprint density at radius 2 is 1.86 bits per heavy atom. The van der Waals surface area contributed by atoms with E-state index in [0.29, 0.717) is 0 Å². The van der Waals surface area contributed by atoms with Crippen LogP contribution < -0.4 is 0 Å². The molecule has 1 aliphatic rings. The van der Waals surface area contributed by atoms with Crippen LogP contribution in [0.15, 0.2) is 0 Å². The summed E-state index contributed by atoms with van der Waals surface area (Å²) in [6.07, 6.45) is 0.236. The van der Waals surface area contributed by atoms with Crippen LogP contribution in [0.2, 0.25) is 0 Å². The Kier molecular flexibility index (Phi) is 5.64. The molecular weight excluding hydrogens is 180 g/mol. The predicted molar refractivity (Wildman–Crippen MR) is 57.4 cm³/mol. The van der Waals surface area contributed by atoms with Crippen LogP contribution >= 0.6 is 0 Å². The first-order valence-electron chi connectivity index (χ1n) is 5.38. The number of hydrogen-bond donors (Lipinski definition) is 1. The summed E-state index contributed by atoms with van der Waals surface area (Å²) in [5.74, 6) is 0. The van der Waals surface area contributed by atoms with Crippen molar-refractivity contribution in [3.63, 3.8) is 0 Å². The molecule has 0 spiro atoms. The number of methoxy groups -OCH3 is 1. The minimum atomic E-state index is -0.529. The average molecular weight is 204 g/mol. The predicted octanol–water partition coefficient (Wildman–Crippen LogP) is 1.98. The lowest BCUT2D eigenvalue weighted by molar-refractivity contribution is -0.210. The van der Waals surface area contributed by atoms with Crippen molar-refractivity contribution in [1.29, 1.82) is 0 Å². The van der Waals surface area contributed by atoms with Crippen LogP contribution in [0.25, 0.3) is 0 Å². The van der Waals surface area contributed by atoms with Crippen molar-refractivity contribution in [3.8, 4) is 0 Å². The third-order valence-corrected chi connectivity index (χ3v) is 2.68. The van der Waals surface area contributed by atoms with Gasteiger partial charge in [0.25, 0.3) is 0 Å². The Hall–Kier alpha value is -0.120. The van der Waals surface area contributed by atoms with Gasteiger partial charge in [-0.05, 0) is 20.8 Å². The van der Waals surface area contributed by atoms with E-state index in [0.717, 1.165) is 6.42 Å². The molecule has 1 N–H and O–H groups in total. The Morgan fingerprint density at radius 1 is 1.36 bits per heavy atom. The normalized spacial score (nSPS) is 42.6. The molecule has 4 atom stereocenters. The van der Waals surface area contributed by atoms with E-state index in [1.54, 1.807) is 7.11 Å². The highest BCUT2D eigenvalue weighted by Crippen LogP contribution is 2.31. The first-order chi connectivity index (χ1) is 6.49. The molecule has 1 heterocycles. The van der Waals surface area contributed by atoms with Crippen molar-refractivity contribution in [2.45, 2.75) is 65.0 Å². The van der Waals surface area contributed by atoms with E-state index in [1.165, 1.54) is 0 Å². The van der Waals surface area contributed by atoms with Crippen molar-refractivity contribution in [2.75, 3.05) is 7.11 Å². The van der Waals surface area contributed by atoms with Gasteiger partial charge in [0.2, 0.25) is 0 Å². The van der Waals surface area contributed by atoms with Crippen LogP contribution in [0.3, 0.4) is 0 Å². The van der Waals surface area contributed by atoms with Gasteiger partial charge in [-0.1, -0.05) is 13.8 Å². The van der Waals surface area contributed by atoms with Gasteiger partial charge < -0.3 is 14.6 Å². The summed E-state index contributed by atoms with van der Waals surface area (Å²) in [7, 11) is 1.63. The van der Waals surface area contributed by atoms with Crippen molar-refractivity contribution >= 4 is 0 Å². The average Bonchev–Trinajstić information content (AvgIpc) is 2.17. The zero-order valence-electron chi connectivity index (χ0n) is 10.2. The molecule has 1 saturated heterocycles. The molecule has 1 rings (SSSR count). The second-order valence-electron chi connectivity index (χ2n) is 3.82. The summed E-state index contributed by atoms with van der Waals surface area (Å²) in [6.45, 7) is 9.80. The van der Waals surface area contributed by atoms with Gasteiger partial charge in [0.15, 0.2) is 0 Å². The van der Waals surface area contributed by atoms with E-state index < -0.39 is 11.7 Å². The molecule has 0 aliphatic carbocycles. The van der Waals surface area contributed by atoms with Crippen molar-refractivity contribution in [3.05, 3.63) is 0 Å². The topological polar surface area (TPSA) is 38.7 Å². The van der Waals surface area contributed by atoms with Gasteiger partial charge in [0.05, 0.1) is 17.8 Å². The fourth-order valence-corrected chi connectivity index (χ4v) is 1.88. The van der Waals surface area contributed by atoms with Crippen molar-refractivity contribution < 1.29 is 14.6 Å². The molecule has 3 nitrogen and oxygen atoms in total. The number of aliphatic hydroxyl groups excluding tert-OH is 1. The smallest absolute Gasteiger partial charge is 0.109 e. The fraction of sp³-hybridized carbons (Fsp3) is 1.00. The van der Waals surface area contributed by atoms with Gasteiger partial charge in [0, 0.05) is 13.5 Å². The lowest BCUT2D eigenvalue weighted by Gasteiger charge is -2.43. The zero-order chi connectivity index (χ0) is 11.4. The largest absolute Gasteiger partial charge is 0.387 e. The highest BCUT2D eigenvalue weighted by atomic mass is 16.5. The van der Waals surface area contributed by atoms with Gasteiger partial charge in [-0.15, -0.1) is 0 Å². The van der Waals surface area contributed by atoms with Crippen LogP contribution in [0, 0.1) is 0 Å². The minimum Gasteiger partial charge on any atom is -0.387 e. The number of aliphatic hydroxyl groups is 1. The molecule has 0 aromatic rings. The van der Waals surface area contributed by atoms with Crippen LogP contribution in [-0.4, -0.2) is 36.1 Å². The standard InChI is InChI=1S/C9H18O3.C2H6/c1-6-5-9(3,11-4)8(10)7(2)12-6;1-2/h6-8,10H,5H2,1-4H3;1-2H3/t6?,7-,8-,9+;/m0./s1. The quantitative estimate of drug-likeness (QED) is 0.709. The summed E-state index contributed by atoms with van der Waals surface area (Å²) < 4.78 is 10.8. The molecular formula is C11H24O3. The molecule has 0 bridgehead atoms. The van der Waals surface area contributed by atoms with Crippen LogP contribution in [-0.2, 0) is 9.47 Å². The van der Waals surface area contributed by atoms with E-state index in [2.05, 4.69) is 0 Å². The Morgan fingerprint density at radius 3 is 2.29 bits per heavy atom. The Labute approximate surface area is 87.4 Å². The van der Waals surface area contributed by atoms with E-state index in [-0.39, 0.29) is 12.2 Å². The highest BCUT2D eigenvalue weighted by Gasteiger charge is 2.43. The second kappa shape index (κ2) is 5.69. The summed E-state index contributed by atoms with van der Waals surface area (Å²) in [4.78, 5) is 0. The number of rotatable bonds is 1. The third-order valence-electron chi connectivity index (χ3n) is 2.68. The van der Waals surface area contributed by atoms with Crippen molar-refractivity contribution in [2.24, 2.45) is 0 Å². The third kappa shape index (κ3) is 2.94. The Balaban J connectivity index is 0.000000791. The van der Waals surface area contributed by atoms with Crippen LogP contribution in [0.5, 0.6) is 0 Å². The molecule has 1 fully saturated rings. The summed E-state index contributed by atoms with van der Waals surface area (Å²) >= 11 is 0. The van der Waals surface area contributed by atoms with Gasteiger partial charge in [0.1, 0.15) is 6.10 Å². The molecule has 0 aromatic heterocycles. The molecule has 86 valence electrons. The lowest BCUT2D eigenvalue weighted by atomic mass is 9.86. The molecule has 0 radical (unpaired) electrons. The summed E-state index contributed by atoms with van der Waals surface area (Å²) in [6, 6.07) is 0. The lowest BCUT2D eigenvalue weighted by Crippen LogP contribution is -2.55. The van der Waals surface area contributed by atoms with Gasteiger partial charge in [-0.25, -0.2) is 0 Å². The Bertz CT molecular complexity index is 161. The molecule has 3 heteroatoms. The van der Waals surface area contributed by atoms with Gasteiger partial charge >= 0.3 is 0 Å². The first kappa shape index (κ1) is 13.9. The number of ether oxygens (including phenoxy) is 2. The van der Waals surface area contributed by atoms with E-state index in [1.807, 2.05) is 34.6 Å². The molecule has 14 heavy (non-hydrogen) atoms. The molecule has 0 saturated carbocycles. The fourth-order valence-electron chi connectivity index (χ4n) is 1.88. The molecule has 0 amide bonds. The second-order valence-corrected chi connectivity index (χ2v) is 3.82. The zero-order valence-corrected chi connectivity index (χ0v) is 10.2. The monoisotopic (exact) mass is 204 g/mol. The van der Waals surface area contributed by atoms with Gasteiger partial charge in [-0.3, -0.25) is 0 Å². The number of hydrogen-bond acceptors (Lipinski definition) is 3. The van der Waals surface area contributed by atoms with Gasteiger partial charge in [-0.2, -0.15) is 0 Å². The highest BCUT2D eigenvalue weighted by molar-refractivity contribution is 4.93. The van der Waals surface area contributed by atoms with Crippen LogP contribution in [0.4, 0.5) is 0 Å². The maximum absolute atomic E-state index is 9.76. The van der Waals surface area contributed by atoms with E-state index >= 15 is 0 Å². The summed E-state index contributed by atoms with van der Waals surface area (Å²) in [5, 5.41) is 9.76. The van der Waals surface area contributed by atoms with Crippen molar-refractivity contribution in [1.82, 2.24) is 0 Å². The van der Waals surface area contributed by atoms with E-state index in [9.17, 15) is 5.11 Å². The van der Waals surface area contributed by atoms with Crippen LogP contribution in [0.1, 0.15) is 41.0 Å². The minimum absolute atomic E-state index is 0.140. The summed E-state index contributed by atoms with van der Waals surface area (Å²) in [5.41, 5.74) is -0.447. The SMILES string of the molecule is CC.CO[C@]1(C)CC(C)O[C@@H](C)[C@@H]1O.